The Balaban J connectivity index is 1.57. The number of furan rings is 1. The minimum absolute atomic E-state index is 0.113. The summed E-state index contributed by atoms with van der Waals surface area (Å²) in [6.45, 7) is 4.05. The molecule has 1 amide bonds. The number of ether oxygens (including phenoxy) is 1. The number of aliphatic hydroxyl groups excluding tert-OH is 1. The molecule has 0 spiro atoms. The maximum Gasteiger partial charge on any atom is 0.290 e. The summed E-state index contributed by atoms with van der Waals surface area (Å²) in [5.74, 6) is -0.856. The average molecular weight is 414 g/mol. The normalized spacial score (nSPS) is 20.9. The van der Waals surface area contributed by atoms with Crippen LogP contribution in [-0.2, 0) is 14.3 Å². The number of thiophene rings is 1. The molecule has 1 fully saturated rings. The first-order valence-corrected chi connectivity index (χ1v) is 10.4. The SMILES string of the molecule is O=C(/C=C/c1ccco1)C1=C(O)C(=O)N(CCN2CCOCC2)C1c1cccs1. The molecule has 2 aromatic heterocycles. The van der Waals surface area contributed by atoms with Crippen LogP contribution in [0.1, 0.15) is 16.7 Å². The molecule has 1 unspecified atom stereocenters. The number of hydrogen-bond donors (Lipinski definition) is 1. The van der Waals surface area contributed by atoms with Crippen molar-refractivity contribution in [3.63, 3.8) is 0 Å². The largest absolute Gasteiger partial charge is 0.503 e. The van der Waals surface area contributed by atoms with Gasteiger partial charge in [0.05, 0.1) is 31.1 Å². The Labute approximate surface area is 172 Å². The lowest BCUT2D eigenvalue weighted by atomic mass is 10.0. The lowest BCUT2D eigenvalue weighted by molar-refractivity contribution is -0.129. The maximum absolute atomic E-state index is 12.9. The van der Waals surface area contributed by atoms with Crippen molar-refractivity contribution in [1.82, 2.24) is 9.80 Å². The molecule has 29 heavy (non-hydrogen) atoms. The Kier molecular flexibility index (Phi) is 5.94. The van der Waals surface area contributed by atoms with E-state index in [2.05, 4.69) is 4.90 Å². The molecule has 0 aromatic carbocycles. The third-order valence-corrected chi connectivity index (χ3v) is 6.01. The lowest BCUT2D eigenvalue weighted by Gasteiger charge is -2.31. The summed E-state index contributed by atoms with van der Waals surface area (Å²) in [5, 5.41) is 12.4. The van der Waals surface area contributed by atoms with Crippen LogP contribution in [0.2, 0.25) is 0 Å². The van der Waals surface area contributed by atoms with Crippen molar-refractivity contribution in [2.24, 2.45) is 0 Å². The molecule has 2 aliphatic rings. The van der Waals surface area contributed by atoms with Gasteiger partial charge in [0.1, 0.15) is 5.76 Å². The second-order valence-corrected chi connectivity index (χ2v) is 7.83. The number of carbonyl (C=O) groups is 2. The fraction of sp³-hybridized carbons (Fsp3) is 0.333. The van der Waals surface area contributed by atoms with Gasteiger partial charge < -0.3 is 19.2 Å². The van der Waals surface area contributed by atoms with Crippen molar-refractivity contribution in [2.75, 3.05) is 39.4 Å². The molecule has 8 heteroatoms. The van der Waals surface area contributed by atoms with Gasteiger partial charge in [-0.1, -0.05) is 6.07 Å². The summed E-state index contributed by atoms with van der Waals surface area (Å²) in [5.41, 5.74) is 0.113. The van der Waals surface area contributed by atoms with Crippen molar-refractivity contribution in [1.29, 1.82) is 0 Å². The first kappa shape index (κ1) is 19.6. The highest BCUT2D eigenvalue weighted by Gasteiger charge is 2.43. The van der Waals surface area contributed by atoms with Crippen LogP contribution in [0.3, 0.4) is 0 Å². The van der Waals surface area contributed by atoms with Gasteiger partial charge in [0.15, 0.2) is 11.5 Å². The summed E-state index contributed by atoms with van der Waals surface area (Å²) < 4.78 is 10.6. The predicted octanol–water partition coefficient (Wildman–Crippen LogP) is 2.65. The van der Waals surface area contributed by atoms with E-state index in [1.54, 1.807) is 17.0 Å². The minimum Gasteiger partial charge on any atom is -0.503 e. The van der Waals surface area contributed by atoms with E-state index in [-0.39, 0.29) is 5.57 Å². The topological polar surface area (TPSA) is 83.2 Å². The van der Waals surface area contributed by atoms with Gasteiger partial charge in [-0.2, -0.15) is 0 Å². The Morgan fingerprint density at radius 1 is 1.24 bits per heavy atom. The molecule has 7 nitrogen and oxygen atoms in total. The van der Waals surface area contributed by atoms with Gasteiger partial charge in [-0.3, -0.25) is 14.5 Å². The molecule has 1 atom stereocenters. The Hall–Kier alpha value is -2.68. The van der Waals surface area contributed by atoms with Gasteiger partial charge in [0, 0.05) is 31.1 Å². The maximum atomic E-state index is 12.9. The highest BCUT2D eigenvalue weighted by molar-refractivity contribution is 7.10. The zero-order valence-corrected chi connectivity index (χ0v) is 16.6. The number of hydrogen-bond acceptors (Lipinski definition) is 7. The third-order valence-electron chi connectivity index (χ3n) is 5.08. The van der Waals surface area contributed by atoms with Crippen LogP contribution in [-0.4, -0.2) is 66.0 Å². The zero-order valence-electron chi connectivity index (χ0n) is 15.8. The van der Waals surface area contributed by atoms with E-state index in [4.69, 9.17) is 9.15 Å². The molecule has 2 aliphatic heterocycles. The van der Waals surface area contributed by atoms with Gasteiger partial charge in [0.25, 0.3) is 5.91 Å². The molecule has 4 rings (SSSR count). The first-order valence-electron chi connectivity index (χ1n) is 9.48. The van der Waals surface area contributed by atoms with E-state index in [0.717, 1.165) is 18.0 Å². The number of aliphatic hydroxyl groups is 1. The first-order chi connectivity index (χ1) is 14.1. The molecule has 2 aromatic rings. The number of ketones is 1. The van der Waals surface area contributed by atoms with Gasteiger partial charge in [0.2, 0.25) is 0 Å². The monoisotopic (exact) mass is 414 g/mol. The van der Waals surface area contributed by atoms with E-state index in [1.807, 2.05) is 17.5 Å². The average Bonchev–Trinajstić information content (AvgIpc) is 3.49. The predicted molar refractivity (Wildman–Crippen MR) is 108 cm³/mol. The molecule has 1 N–H and O–H groups in total. The fourth-order valence-electron chi connectivity index (χ4n) is 3.59. The fourth-order valence-corrected chi connectivity index (χ4v) is 4.43. The van der Waals surface area contributed by atoms with Crippen molar-refractivity contribution in [2.45, 2.75) is 6.04 Å². The number of carbonyl (C=O) groups excluding carboxylic acids is 2. The van der Waals surface area contributed by atoms with Crippen LogP contribution in [0.15, 0.2) is 57.7 Å². The number of allylic oxidation sites excluding steroid dienone is 1. The van der Waals surface area contributed by atoms with E-state index < -0.39 is 23.5 Å². The number of nitrogens with zero attached hydrogens (tertiary/aromatic N) is 2. The Morgan fingerprint density at radius 2 is 2.07 bits per heavy atom. The molecule has 0 saturated carbocycles. The summed E-state index contributed by atoms with van der Waals surface area (Å²) in [6.07, 6.45) is 4.39. The second-order valence-electron chi connectivity index (χ2n) is 6.85. The van der Waals surface area contributed by atoms with Crippen molar-refractivity contribution in [3.05, 3.63) is 64.0 Å². The highest BCUT2D eigenvalue weighted by atomic mass is 32.1. The smallest absolute Gasteiger partial charge is 0.290 e. The minimum atomic E-state index is -0.586. The van der Waals surface area contributed by atoms with Crippen LogP contribution in [0.4, 0.5) is 0 Å². The van der Waals surface area contributed by atoms with E-state index >= 15 is 0 Å². The molecule has 0 aliphatic carbocycles. The summed E-state index contributed by atoms with van der Waals surface area (Å²) in [7, 11) is 0. The van der Waals surface area contributed by atoms with E-state index in [9.17, 15) is 14.7 Å². The summed E-state index contributed by atoms with van der Waals surface area (Å²) >= 11 is 1.46. The number of amides is 1. The van der Waals surface area contributed by atoms with Crippen LogP contribution >= 0.6 is 11.3 Å². The van der Waals surface area contributed by atoms with Gasteiger partial charge in [-0.15, -0.1) is 11.3 Å². The zero-order chi connectivity index (χ0) is 20.2. The third kappa shape index (κ3) is 4.19. The molecule has 152 valence electrons. The van der Waals surface area contributed by atoms with Gasteiger partial charge >= 0.3 is 0 Å². The van der Waals surface area contributed by atoms with Crippen LogP contribution < -0.4 is 0 Å². The van der Waals surface area contributed by atoms with Crippen LogP contribution in [0.25, 0.3) is 6.08 Å². The standard InChI is InChI=1S/C21H22N2O5S/c24-16(6-5-15-3-1-11-28-15)18-19(17-4-2-14-29-17)23(21(26)20(18)25)8-7-22-9-12-27-13-10-22/h1-6,11,14,19,25H,7-10,12-13H2/b6-5+. The molecule has 4 heterocycles. The van der Waals surface area contributed by atoms with Gasteiger partial charge in [-0.25, -0.2) is 0 Å². The molecular weight excluding hydrogens is 392 g/mol. The van der Waals surface area contributed by atoms with Crippen LogP contribution in [0, 0.1) is 0 Å². The summed E-state index contributed by atoms with van der Waals surface area (Å²) in [6, 6.07) is 6.62. The van der Waals surface area contributed by atoms with Crippen molar-refractivity contribution < 1.29 is 23.8 Å². The Bertz CT molecular complexity index is 911. The summed E-state index contributed by atoms with van der Waals surface area (Å²) in [4.78, 5) is 30.4. The molecule has 0 bridgehead atoms. The van der Waals surface area contributed by atoms with Crippen molar-refractivity contribution in [3.8, 4) is 0 Å². The van der Waals surface area contributed by atoms with Gasteiger partial charge in [-0.05, 0) is 35.7 Å². The van der Waals surface area contributed by atoms with E-state index in [1.165, 1.54) is 29.8 Å². The second kappa shape index (κ2) is 8.77. The molecule has 1 saturated heterocycles. The molecular formula is C21H22N2O5S. The van der Waals surface area contributed by atoms with Crippen molar-refractivity contribution >= 4 is 29.1 Å². The highest BCUT2D eigenvalue weighted by Crippen LogP contribution is 2.39. The lowest BCUT2D eigenvalue weighted by Crippen LogP contribution is -2.43. The number of morpholine rings is 1. The number of rotatable bonds is 7. The quantitative estimate of drug-likeness (QED) is 0.702. The van der Waals surface area contributed by atoms with Crippen LogP contribution in [0.5, 0.6) is 0 Å². The molecule has 0 radical (unpaired) electrons. The van der Waals surface area contributed by atoms with E-state index in [0.29, 0.717) is 32.1 Å². The Morgan fingerprint density at radius 3 is 2.76 bits per heavy atom.